The van der Waals surface area contributed by atoms with E-state index in [1.165, 1.54) is 13.0 Å². The largest absolute Gasteiger partial charge is 0.348 e. The molecule has 0 bridgehead atoms. The average Bonchev–Trinajstić information content (AvgIpc) is 2.54. The minimum absolute atomic E-state index is 0.329. The molecule has 1 amide bonds. The first-order valence-corrected chi connectivity index (χ1v) is 9.52. The summed E-state index contributed by atoms with van der Waals surface area (Å²) in [6.45, 7) is 1.32. The second-order valence-corrected chi connectivity index (χ2v) is 8.11. The number of carbonyl (C=O) groups is 1. The van der Waals surface area contributed by atoms with E-state index >= 15 is 0 Å². The molecule has 4 nitrogen and oxygen atoms in total. The van der Waals surface area contributed by atoms with Crippen molar-refractivity contribution in [1.29, 1.82) is 0 Å². The van der Waals surface area contributed by atoms with E-state index in [1.807, 2.05) is 30.3 Å². The smallest absolute Gasteiger partial charge is 0.238 e. The summed E-state index contributed by atoms with van der Waals surface area (Å²) in [6, 6.07) is 14.8. The number of hydrogen-bond acceptors (Lipinski definition) is 3. The fraction of sp³-hybridized carbons (Fsp3) is 0.278. The van der Waals surface area contributed by atoms with Crippen molar-refractivity contribution >= 4 is 15.7 Å². The molecule has 0 aliphatic rings. The second kappa shape index (κ2) is 7.57. The highest BCUT2D eigenvalue weighted by molar-refractivity contribution is 7.92. The first-order chi connectivity index (χ1) is 11.3. The van der Waals surface area contributed by atoms with Crippen LogP contribution in [-0.2, 0) is 21.1 Å². The van der Waals surface area contributed by atoms with E-state index in [2.05, 4.69) is 5.32 Å². The Kier molecular flexibility index (Phi) is 5.72. The molecule has 0 radical (unpaired) electrons. The summed E-state index contributed by atoms with van der Waals surface area (Å²) in [5.74, 6) is -1.08. The van der Waals surface area contributed by atoms with Crippen molar-refractivity contribution < 1.29 is 17.6 Å². The summed E-state index contributed by atoms with van der Waals surface area (Å²) in [6.07, 6.45) is 1.37. The average molecular weight is 349 g/mol. The fourth-order valence-electron chi connectivity index (χ4n) is 2.33. The molecule has 0 aromatic heterocycles. The highest BCUT2D eigenvalue weighted by atomic mass is 32.2. The van der Waals surface area contributed by atoms with Crippen LogP contribution < -0.4 is 5.32 Å². The SMILES string of the molecule is C[C@@H](C(=O)N[C@@H](Cc1ccccc1)c1ccccc1F)S(C)(=O)=O. The van der Waals surface area contributed by atoms with Gasteiger partial charge in [0, 0.05) is 11.8 Å². The maximum absolute atomic E-state index is 14.2. The molecule has 2 atom stereocenters. The Bertz CT molecular complexity index is 806. The van der Waals surface area contributed by atoms with Crippen LogP contribution in [0.3, 0.4) is 0 Å². The van der Waals surface area contributed by atoms with Crippen molar-refractivity contribution in [3.63, 3.8) is 0 Å². The number of rotatable bonds is 6. The molecule has 2 aromatic rings. The predicted octanol–water partition coefficient (Wildman–Crippen LogP) is 2.66. The van der Waals surface area contributed by atoms with Gasteiger partial charge in [-0.05, 0) is 25.0 Å². The molecule has 0 aliphatic carbocycles. The molecule has 1 N–H and O–H groups in total. The fourth-order valence-corrected chi connectivity index (χ4v) is 2.79. The number of benzene rings is 2. The van der Waals surface area contributed by atoms with Crippen molar-refractivity contribution in [2.75, 3.05) is 6.26 Å². The molecule has 2 rings (SSSR count). The Hall–Kier alpha value is -2.21. The molecule has 0 saturated carbocycles. The van der Waals surface area contributed by atoms with Crippen LogP contribution in [0, 0.1) is 5.82 Å². The number of nitrogens with one attached hydrogen (secondary N) is 1. The quantitative estimate of drug-likeness (QED) is 0.872. The van der Waals surface area contributed by atoms with Crippen molar-refractivity contribution in [3.05, 3.63) is 71.5 Å². The van der Waals surface area contributed by atoms with E-state index in [-0.39, 0.29) is 0 Å². The van der Waals surface area contributed by atoms with Crippen LogP contribution in [0.25, 0.3) is 0 Å². The van der Waals surface area contributed by atoms with E-state index in [0.717, 1.165) is 11.8 Å². The lowest BCUT2D eigenvalue weighted by molar-refractivity contribution is -0.121. The zero-order valence-electron chi connectivity index (χ0n) is 13.6. The van der Waals surface area contributed by atoms with Crippen LogP contribution in [0.1, 0.15) is 24.1 Å². The van der Waals surface area contributed by atoms with Crippen LogP contribution in [0.2, 0.25) is 0 Å². The highest BCUT2D eigenvalue weighted by Gasteiger charge is 2.27. The zero-order valence-corrected chi connectivity index (χ0v) is 14.4. The number of amides is 1. The third-order valence-electron chi connectivity index (χ3n) is 3.89. The Balaban J connectivity index is 2.30. The Morgan fingerprint density at radius 3 is 2.25 bits per heavy atom. The summed E-state index contributed by atoms with van der Waals surface area (Å²) in [5, 5.41) is 1.48. The zero-order chi connectivity index (χ0) is 17.7. The maximum atomic E-state index is 14.2. The second-order valence-electron chi connectivity index (χ2n) is 5.74. The van der Waals surface area contributed by atoms with Crippen molar-refractivity contribution in [2.45, 2.75) is 24.6 Å². The van der Waals surface area contributed by atoms with Crippen LogP contribution in [-0.4, -0.2) is 25.8 Å². The highest BCUT2D eigenvalue weighted by Crippen LogP contribution is 2.22. The minimum atomic E-state index is -3.52. The standard InChI is InChI=1S/C18H20FNO3S/c1-13(24(2,22)23)18(21)20-17(12-14-8-4-3-5-9-14)15-10-6-7-11-16(15)19/h3-11,13,17H,12H2,1-2H3,(H,20,21)/t13-,17-/m0/s1. The van der Waals surface area contributed by atoms with Crippen molar-refractivity contribution in [2.24, 2.45) is 0 Å². The summed E-state index contributed by atoms with van der Waals surface area (Å²) in [5.41, 5.74) is 1.24. The minimum Gasteiger partial charge on any atom is -0.348 e. The van der Waals surface area contributed by atoms with Gasteiger partial charge in [0.15, 0.2) is 9.84 Å². The third-order valence-corrected chi connectivity index (χ3v) is 5.39. The van der Waals surface area contributed by atoms with Gasteiger partial charge in [0.25, 0.3) is 0 Å². The first-order valence-electron chi connectivity index (χ1n) is 7.56. The van der Waals surface area contributed by atoms with Gasteiger partial charge in [-0.15, -0.1) is 0 Å². The number of halogens is 1. The molecular weight excluding hydrogens is 329 g/mol. The van der Waals surface area contributed by atoms with Crippen molar-refractivity contribution in [1.82, 2.24) is 5.32 Å². The van der Waals surface area contributed by atoms with Gasteiger partial charge in [0.1, 0.15) is 11.1 Å². The molecule has 0 heterocycles. The first kappa shape index (κ1) is 18.1. The topological polar surface area (TPSA) is 63.2 Å². The molecule has 0 aliphatic heterocycles. The number of carbonyl (C=O) groups excluding carboxylic acids is 1. The molecule has 2 aromatic carbocycles. The van der Waals surface area contributed by atoms with E-state index in [4.69, 9.17) is 0 Å². The predicted molar refractivity (Wildman–Crippen MR) is 91.7 cm³/mol. The maximum Gasteiger partial charge on any atom is 0.238 e. The van der Waals surface area contributed by atoms with E-state index in [9.17, 15) is 17.6 Å². The Labute approximate surface area is 141 Å². The van der Waals surface area contributed by atoms with E-state index in [0.29, 0.717) is 12.0 Å². The van der Waals surface area contributed by atoms with Gasteiger partial charge >= 0.3 is 0 Å². The van der Waals surface area contributed by atoms with Crippen LogP contribution >= 0.6 is 0 Å². The van der Waals surface area contributed by atoms with Gasteiger partial charge < -0.3 is 5.32 Å². The van der Waals surface area contributed by atoms with Crippen LogP contribution in [0.4, 0.5) is 4.39 Å². The molecule has 24 heavy (non-hydrogen) atoms. The Morgan fingerprint density at radius 2 is 1.67 bits per heavy atom. The van der Waals surface area contributed by atoms with Gasteiger partial charge in [-0.1, -0.05) is 48.5 Å². The van der Waals surface area contributed by atoms with Crippen molar-refractivity contribution in [3.8, 4) is 0 Å². The van der Waals surface area contributed by atoms with Crippen LogP contribution in [0.5, 0.6) is 0 Å². The van der Waals surface area contributed by atoms with Crippen LogP contribution in [0.15, 0.2) is 54.6 Å². The van der Waals surface area contributed by atoms with Gasteiger partial charge in [-0.25, -0.2) is 12.8 Å². The van der Waals surface area contributed by atoms with Gasteiger partial charge in [-0.3, -0.25) is 4.79 Å². The molecule has 6 heteroatoms. The van der Waals surface area contributed by atoms with Gasteiger partial charge in [-0.2, -0.15) is 0 Å². The molecule has 0 fully saturated rings. The molecule has 0 unspecified atom stereocenters. The lowest BCUT2D eigenvalue weighted by Crippen LogP contribution is -2.40. The summed E-state index contributed by atoms with van der Waals surface area (Å²) in [4.78, 5) is 12.3. The number of sulfone groups is 1. The lowest BCUT2D eigenvalue weighted by atomic mass is 9.98. The normalized spacial score (nSPS) is 14.0. The van der Waals surface area contributed by atoms with E-state index < -0.39 is 32.9 Å². The summed E-state index contributed by atoms with van der Waals surface area (Å²) in [7, 11) is -3.52. The molecular formula is C18H20FNO3S. The summed E-state index contributed by atoms with van der Waals surface area (Å²) < 4.78 is 37.3. The van der Waals surface area contributed by atoms with Gasteiger partial charge in [0.2, 0.25) is 5.91 Å². The molecule has 128 valence electrons. The van der Waals surface area contributed by atoms with Gasteiger partial charge in [0.05, 0.1) is 6.04 Å². The summed E-state index contributed by atoms with van der Waals surface area (Å²) >= 11 is 0. The molecule has 0 spiro atoms. The Morgan fingerprint density at radius 1 is 1.08 bits per heavy atom. The monoisotopic (exact) mass is 349 g/mol. The lowest BCUT2D eigenvalue weighted by Gasteiger charge is -2.22. The number of hydrogen-bond donors (Lipinski definition) is 1. The van der Waals surface area contributed by atoms with E-state index in [1.54, 1.807) is 18.2 Å². The third kappa shape index (κ3) is 4.64. The molecule has 0 saturated heterocycles.